The topological polar surface area (TPSA) is 64.4 Å². The summed E-state index contributed by atoms with van der Waals surface area (Å²) in [5.74, 6) is -0.0171. The first-order chi connectivity index (χ1) is 15.0. The number of carbonyl (C=O) groups is 1. The lowest BCUT2D eigenvalue weighted by Gasteiger charge is -2.14. The van der Waals surface area contributed by atoms with Crippen LogP contribution in [0.1, 0.15) is 30.0 Å². The fourth-order valence-corrected chi connectivity index (χ4v) is 3.69. The Hall–Kier alpha value is -3.60. The summed E-state index contributed by atoms with van der Waals surface area (Å²) in [5.41, 5.74) is 6.37. The molecule has 0 aliphatic heterocycles. The van der Waals surface area contributed by atoms with Gasteiger partial charge in [-0.2, -0.15) is 5.10 Å². The number of carboxylic acid groups (broad SMARTS) is 1. The number of fused-ring (bicyclic) bond motifs is 1. The molecule has 31 heavy (non-hydrogen) atoms. The fourth-order valence-electron chi connectivity index (χ4n) is 3.69. The predicted octanol–water partition coefficient (Wildman–Crippen LogP) is 5.63. The number of nitrogens with zero attached hydrogens (tertiary/aromatic N) is 2. The average Bonchev–Trinajstić information content (AvgIpc) is 3.20. The summed E-state index contributed by atoms with van der Waals surface area (Å²) in [7, 11) is 0. The first kappa shape index (κ1) is 20.7. The standard InChI is InChI=1S/C26H26N2O3/c1-3-28-24-11-10-21(15-22(24)16-27-28)23-14-19(9-13-26(29)30)8-12-25(23)31-17-20-6-4-18(2)5-7-20/h4-8,10-12,14-16H,3,9,13,17H2,1-2H3,(H,29,30). The van der Waals surface area contributed by atoms with E-state index in [1.807, 2.05) is 29.1 Å². The Labute approximate surface area is 181 Å². The van der Waals surface area contributed by atoms with Gasteiger partial charge in [0.15, 0.2) is 0 Å². The number of rotatable bonds is 8. The van der Waals surface area contributed by atoms with Gasteiger partial charge in [0.2, 0.25) is 0 Å². The van der Waals surface area contributed by atoms with Crippen molar-refractivity contribution in [2.45, 2.75) is 39.8 Å². The molecule has 0 amide bonds. The molecule has 4 rings (SSSR count). The monoisotopic (exact) mass is 414 g/mol. The van der Waals surface area contributed by atoms with E-state index in [1.54, 1.807) is 0 Å². The summed E-state index contributed by atoms with van der Waals surface area (Å²) >= 11 is 0. The Morgan fingerprint density at radius 2 is 1.81 bits per heavy atom. The minimum Gasteiger partial charge on any atom is -0.488 e. The average molecular weight is 415 g/mol. The van der Waals surface area contributed by atoms with Crippen molar-refractivity contribution in [1.82, 2.24) is 9.78 Å². The minimum absolute atomic E-state index is 0.102. The van der Waals surface area contributed by atoms with E-state index in [0.29, 0.717) is 13.0 Å². The van der Waals surface area contributed by atoms with Crippen LogP contribution in [0.4, 0.5) is 0 Å². The first-order valence-electron chi connectivity index (χ1n) is 10.5. The van der Waals surface area contributed by atoms with Gasteiger partial charge in [-0.05, 0) is 61.2 Å². The molecule has 1 N–H and O–H groups in total. The number of aliphatic carboxylic acids is 1. The van der Waals surface area contributed by atoms with E-state index >= 15 is 0 Å². The molecule has 0 aliphatic rings. The highest BCUT2D eigenvalue weighted by Gasteiger charge is 2.12. The third-order valence-corrected chi connectivity index (χ3v) is 5.44. The van der Waals surface area contributed by atoms with E-state index in [-0.39, 0.29) is 6.42 Å². The van der Waals surface area contributed by atoms with Crippen LogP contribution in [-0.4, -0.2) is 20.9 Å². The number of carboxylic acids is 1. The first-order valence-corrected chi connectivity index (χ1v) is 10.5. The van der Waals surface area contributed by atoms with Gasteiger partial charge in [0.1, 0.15) is 12.4 Å². The van der Waals surface area contributed by atoms with Gasteiger partial charge in [-0.25, -0.2) is 0 Å². The van der Waals surface area contributed by atoms with Crippen LogP contribution in [0.25, 0.3) is 22.0 Å². The normalized spacial score (nSPS) is 11.0. The van der Waals surface area contributed by atoms with Crippen molar-refractivity contribution in [3.63, 3.8) is 0 Å². The minimum atomic E-state index is -0.797. The smallest absolute Gasteiger partial charge is 0.303 e. The van der Waals surface area contributed by atoms with E-state index in [0.717, 1.165) is 45.5 Å². The van der Waals surface area contributed by atoms with Crippen LogP contribution >= 0.6 is 0 Å². The SMILES string of the molecule is CCn1ncc2cc(-c3cc(CCC(=O)O)ccc3OCc3ccc(C)cc3)ccc21. The van der Waals surface area contributed by atoms with Gasteiger partial charge in [0.25, 0.3) is 0 Å². The molecule has 1 aromatic heterocycles. The maximum Gasteiger partial charge on any atom is 0.303 e. The second-order valence-corrected chi connectivity index (χ2v) is 7.73. The molecule has 4 aromatic rings. The van der Waals surface area contributed by atoms with Crippen LogP contribution in [0.3, 0.4) is 0 Å². The van der Waals surface area contributed by atoms with Gasteiger partial charge in [0, 0.05) is 23.9 Å². The van der Waals surface area contributed by atoms with Gasteiger partial charge in [0.05, 0.1) is 11.7 Å². The molecule has 0 fully saturated rings. The molecule has 0 aliphatic carbocycles. The van der Waals surface area contributed by atoms with Crippen LogP contribution < -0.4 is 4.74 Å². The molecular formula is C26H26N2O3. The van der Waals surface area contributed by atoms with E-state index < -0.39 is 5.97 Å². The Bertz CT molecular complexity index is 1210. The molecule has 5 heteroatoms. The largest absolute Gasteiger partial charge is 0.488 e. The van der Waals surface area contributed by atoms with Crippen LogP contribution in [0.15, 0.2) is 66.9 Å². The van der Waals surface area contributed by atoms with Gasteiger partial charge in [-0.3, -0.25) is 9.48 Å². The number of hydrogen-bond acceptors (Lipinski definition) is 3. The number of aryl methyl sites for hydroxylation is 3. The van der Waals surface area contributed by atoms with Crippen molar-refractivity contribution in [1.29, 1.82) is 0 Å². The summed E-state index contributed by atoms with van der Waals surface area (Å²) in [6.07, 6.45) is 2.46. The Morgan fingerprint density at radius 3 is 2.55 bits per heavy atom. The molecule has 0 radical (unpaired) electrons. The summed E-state index contributed by atoms with van der Waals surface area (Å²) in [5, 5.41) is 14.6. The van der Waals surface area contributed by atoms with E-state index in [1.165, 1.54) is 5.56 Å². The third-order valence-electron chi connectivity index (χ3n) is 5.44. The zero-order valence-corrected chi connectivity index (χ0v) is 17.8. The van der Waals surface area contributed by atoms with Crippen LogP contribution in [0.5, 0.6) is 5.75 Å². The van der Waals surface area contributed by atoms with Gasteiger partial charge >= 0.3 is 5.97 Å². The second-order valence-electron chi connectivity index (χ2n) is 7.73. The highest BCUT2D eigenvalue weighted by Crippen LogP contribution is 2.34. The van der Waals surface area contributed by atoms with E-state index in [9.17, 15) is 4.79 Å². The molecule has 0 atom stereocenters. The molecule has 0 saturated heterocycles. The highest BCUT2D eigenvalue weighted by atomic mass is 16.5. The van der Waals surface area contributed by atoms with Crippen LogP contribution in [0, 0.1) is 6.92 Å². The highest BCUT2D eigenvalue weighted by molar-refractivity contribution is 5.86. The molecule has 1 heterocycles. The molecule has 158 valence electrons. The number of hydrogen-bond donors (Lipinski definition) is 1. The van der Waals surface area contributed by atoms with E-state index in [2.05, 4.69) is 61.4 Å². The van der Waals surface area contributed by atoms with Crippen molar-refractivity contribution in [3.05, 3.63) is 83.6 Å². The summed E-state index contributed by atoms with van der Waals surface area (Å²) in [4.78, 5) is 11.0. The number of aromatic nitrogens is 2. The molecule has 3 aromatic carbocycles. The number of ether oxygens (including phenoxy) is 1. The van der Waals surface area contributed by atoms with Gasteiger partial charge in [-0.1, -0.05) is 42.0 Å². The molecule has 0 bridgehead atoms. The maximum atomic E-state index is 11.0. The lowest BCUT2D eigenvalue weighted by molar-refractivity contribution is -0.136. The predicted molar refractivity (Wildman–Crippen MR) is 122 cm³/mol. The lowest BCUT2D eigenvalue weighted by atomic mass is 9.98. The van der Waals surface area contributed by atoms with Crippen molar-refractivity contribution < 1.29 is 14.6 Å². The quantitative estimate of drug-likeness (QED) is 0.406. The molecular weight excluding hydrogens is 388 g/mol. The van der Waals surface area contributed by atoms with Crippen molar-refractivity contribution in [2.75, 3.05) is 0 Å². The zero-order chi connectivity index (χ0) is 21.8. The Kier molecular flexibility index (Phi) is 6.03. The Morgan fingerprint density at radius 1 is 1.03 bits per heavy atom. The van der Waals surface area contributed by atoms with E-state index in [4.69, 9.17) is 9.84 Å². The summed E-state index contributed by atoms with van der Waals surface area (Å²) in [6.45, 7) is 5.43. The molecule has 0 spiro atoms. The van der Waals surface area contributed by atoms with Crippen molar-refractivity contribution >= 4 is 16.9 Å². The third kappa shape index (κ3) is 4.77. The second kappa shape index (κ2) is 9.04. The summed E-state index contributed by atoms with van der Waals surface area (Å²) in [6, 6.07) is 20.5. The van der Waals surface area contributed by atoms with Crippen LogP contribution in [-0.2, 0) is 24.4 Å². The zero-order valence-electron chi connectivity index (χ0n) is 17.8. The van der Waals surface area contributed by atoms with Gasteiger partial charge in [-0.15, -0.1) is 0 Å². The van der Waals surface area contributed by atoms with Crippen molar-refractivity contribution in [2.24, 2.45) is 0 Å². The molecule has 0 saturated carbocycles. The Balaban J connectivity index is 1.68. The summed E-state index contributed by atoms with van der Waals surface area (Å²) < 4.78 is 8.17. The molecule has 5 nitrogen and oxygen atoms in total. The number of benzene rings is 3. The molecule has 0 unspecified atom stereocenters. The van der Waals surface area contributed by atoms with Gasteiger partial charge < -0.3 is 9.84 Å². The maximum absolute atomic E-state index is 11.0. The fraction of sp³-hybridized carbons (Fsp3) is 0.231. The lowest BCUT2D eigenvalue weighted by Crippen LogP contribution is -2.00. The van der Waals surface area contributed by atoms with Crippen molar-refractivity contribution in [3.8, 4) is 16.9 Å². The van der Waals surface area contributed by atoms with Crippen LogP contribution in [0.2, 0.25) is 0 Å².